The number of nitrogens with one attached hydrogen (secondary N) is 1. The van der Waals surface area contributed by atoms with Crippen LogP contribution in [0.4, 0.5) is 4.79 Å². The van der Waals surface area contributed by atoms with Crippen molar-refractivity contribution in [3.8, 4) is 0 Å². The molecule has 2 rings (SSSR count). The summed E-state index contributed by atoms with van der Waals surface area (Å²) in [5.74, 6) is 0.875. The van der Waals surface area contributed by atoms with Crippen molar-refractivity contribution in [1.82, 2.24) is 5.32 Å². The van der Waals surface area contributed by atoms with Gasteiger partial charge >= 0.3 is 6.09 Å². The van der Waals surface area contributed by atoms with Gasteiger partial charge in [-0.3, -0.25) is 5.32 Å². The standard InChI is InChI=1S/C15H27NO3/c1-15(2,3)19-14(17)16-13-12(18-13)10-9-11-7-5-4-6-8-11/h11-13H,4-10H2,1-3H3,(H,16,17). The molecule has 0 spiro atoms. The Morgan fingerprint density at radius 2 is 1.89 bits per heavy atom. The van der Waals surface area contributed by atoms with Crippen LogP contribution >= 0.6 is 0 Å². The van der Waals surface area contributed by atoms with Crippen LogP contribution in [0.5, 0.6) is 0 Å². The van der Waals surface area contributed by atoms with Gasteiger partial charge < -0.3 is 9.47 Å². The Kier molecular flexibility index (Phi) is 4.71. The summed E-state index contributed by atoms with van der Waals surface area (Å²) in [4.78, 5) is 11.5. The molecule has 0 aromatic carbocycles. The van der Waals surface area contributed by atoms with E-state index in [9.17, 15) is 4.79 Å². The second-order valence-corrected chi connectivity index (χ2v) is 6.82. The molecule has 2 atom stereocenters. The van der Waals surface area contributed by atoms with Gasteiger partial charge in [0.05, 0.1) is 0 Å². The van der Waals surface area contributed by atoms with Gasteiger partial charge in [-0.1, -0.05) is 32.1 Å². The van der Waals surface area contributed by atoms with E-state index in [1.807, 2.05) is 20.8 Å². The summed E-state index contributed by atoms with van der Waals surface area (Å²) >= 11 is 0. The van der Waals surface area contributed by atoms with Crippen LogP contribution in [0.2, 0.25) is 0 Å². The van der Waals surface area contributed by atoms with Gasteiger partial charge in [-0.25, -0.2) is 4.79 Å². The number of carbonyl (C=O) groups is 1. The Labute approximate surface area is 116 Å². The molecule has 0 radical (unpaired) electrons. The second kappa shape index (κ2) is 6.12. The predicted octanol–water partition coefficient (Wildman–Crippen LogP) is 3.60. The highest BCUT2D eigenvalue weighted by Gasteiger charge is 2.40. The highest BCUT2D eigenvalue weighted by molar-refractivity contribution is 5.68. The quantitative estimate of drug-likeness (QED) is 0.793. The molecule has 19 heavy (non-hydrogen) atoms. The van der Waals surface area contributed by atoms with E-state index in [4.69, 9.17) is 9.47 Å². The molecular formula is C15H27NO3. The fourth-order valence-electron chi connectivity index (χ4n) is 2.79. The van der Waals surface area contributed by atoms with E-state index in [0.717, 1.165) is 12.3 Å². The molecule has 2 fully saturated rings. The van der Waals surface area contributed by atoms with E-state index in [2.05, 4.69) is 5.32 Å². The van der Waals surface area contributed by atoms with Gasteiger partial charge in [0, 0.05) is 0 Å². The summed E-state index contributed by atoms with van der Waals surface area (Å²) in [6.07, 6.45) is 8.91. The topological polar surface area (TPSA) is 50.9 Å². The van der Waals surface area contributed by atoms with Gasteiger partial charge in [0.15, 0.2) is 6.23 Å². The lowest BCUT2D eigenvalue weighted by Crippen LogP contribution is -2.34. The fourth-order valence-corrected chi connectivity index (χ4v) is 2.79. The first-order chi connectivity index (χ1) is 8.94. The first-order valence-electron chi connectivity index (χ1n) is 7.59. The number of hydrogen-bond donors (Lipinski definition) is 1. The Balaban J connectivity index is 1.58. The zero-order valence-electron chi connectivity index (χ0n) is 12.4. The molecular weight excluding hydrogens is 242 g/mol. The fraction of sp³-hybridized carbons (Fsp3) is 0.933. The number of rotatable bonds is 4. The Hall–Kier alpha value is -0.770. The van der Waals surface area contributed by atoms with Gasteiger partial charge in [0.2, 0.25) is 0 Å². The van der Waals surface area contributed by atoms with E-state index < -0.39 is 5.60 Å². The van der Waals surface area contributed by atoms with Crippen molar-refractivity contribution in [3.05, 3.63) is 0 Å². The third-order valence-electron chi connectivity index (χ3n) is 3.83. The average molecular weight is 269 g/mol. The Morgan fingerprint density at radius 3 is 2.53 bits per heavy atom. The largest absolute Gasteiger partial charge is 0.444 e. The van der Waals surface area contributed by atoms with Crippen LogP contribution < -0.4 is 5.32 Å². The molecule has 0 bridgehead atoms. The highest BCUT2D eigenvalue weighted by Crippen LogP contribution is 2.32. The zero-order chi connectivity index (χ0) is 13.9. The van der Waals surface area contributed by atoms with Crippen molar-refractivity contribution in [2.75, 3.05) is 0 Å². The van der Waals surface area contributed by atoms with Crippen LogP contribution in [-0.2, 0) is 9.47 Å². The van der Waals surface area contributed by atoms with Crippen LogP contribution in [0.25, 0.3) is 0 Å². The second-order valence-electron chi connectivity index (χ2n) is 6.82. The van der Waals surface area contributed by atoms with Crippen molar-refractivity contribution in [2.45, 2.75) is 83.6 Å². The lowest BCUT2D eigenvalue weighted by atomic mass is 9.86. The summed E-state index contributed by atoms with van der Waals surface area (Å²) in [6.45, 7) is 5.59. The number of hydrogen-bond acceptors (Lipinski definition) is 3. The Bertz CT molecular complexity index is 305. The molecule has 1 saturated carbocycles. The summed E-state index contributed by atoms with van der Waals surface area (Å²) in [5, 5.41) is 2.76. The molecule has 1 aliphatic carbocycles. The normalized spacial score (nSPS) is 27.9. The van der Waals surface area contributed by atoms with Gasteiger partial charge in [-0.15, -0.1) is 0 Å². The van der Waals surface area contributed by atoms with Crippen LogP contribution in [-0.4, -0.2) is 24.0 Å². The maximum absolute atomic E-state index is 11.5. The smallest absolute Gasteiger partial charge is 0.409 e. The summed E-state index contributed by atoms with van der Waals surface area (Å²) in [6, 6.07) is 0. The molecule has 4 heteroatoms. The molecule has 2 unspecified atom stereocenters. The van der Waals surface area contributed by atoms with Crippen LogP contribution in [0.3, 0.4) is 0 Å². The minimum Gasteiger partial charge on any atom is -0.444 e. The van der Waals surface area contributed by atoms with Gasteiger partial charge in [-0.05, 0) is 39.5 Å². The first-order valence-corrected chi connectivity index (χ1v) is 7.59. The maximum atomic E-state index is 11.5. The molecule has 1 amide bonds. The molecule has 4 nitrogen and oxygen atoms in total. The molecule has 0 aromatic heterocycles. The minimum atomic E-state index is -0.448. The van der Waals surface area contributed by atoms with Gasteiger partial charge in [-0.2, -0.15) is 0 Å². The Morgan fingerprint density at radius 1 is 1.21 bits per heavy atom. The van der Waals surface area contributed by atoms with Crippen molar-refractivity contribution in [1.29, 1.82) is 0 Å². The first kappa shape index (κ1) is 14.6. The van der Waals surface area contributed by atoms with E-state index in [-0.39, 0.29) is 18.4 Å². The van der Waals surface area contributed by atoms with Crippen molar-refractivity contribution in [3.63, 3.8) is 0 Å². The van der Waals surface area contributed by atoms with E-state index in [1.54, 1.807) is 0 Å². The lowest BCUT2D eigenvalue weighted by molar-refractivity contribution is 0.0503. The number of ether oxygens (including phenoxy) is 2. The van der Waals surface area contributed by atoms with Crippen molar-refractivity contribution < 1.29 is 14.3 Å². The third kappa shape index (κ3) is 5.39. The van der Waals surface area contributed by atoms with Crippen LogP contribution in [0, 0.1) is 5.92 Å². The zero-order valence-corrected chi connectivity index (χ0v) is 12.4. The summed E-state index contributed by atoms with van der Waals surface area (Å²) in [7, 11) is 0. The average Bonchev–Trinajstić information content (AvgIpc) is 3.03. The molecule has 110 valence electrons. The molecule has 1 heterocycles. The van der Waals surface area contributed by atoms with Gasteiger partial charge in [0.1, 0.15) is 11.7 Å². The molecule has 1 aliphatic heterocycles. The summed E-state index contributed by atoms with van der Waals surface area (Å²) in [5.41, 5.74) is -0.448. The lowest BCUT2D eigenvalue weighted by Gasteiger charge is -2.21. The molecule has 1 saturated heterocycles. The number of amides is 1. The van der Waals surface area contributed by atoms with Crippen molar-refractivity contribution >= 4 is 6.09 Å². The number of epoxide rings is 1. The maximum Gasteiger partial charge on any atom is 0.409 e. The monoisotopic (exact) mass is 269 g/mol. The van der Waals surface area contributed by atoms with E-state index in [0.29, 0.717) is 0 Å². The third-order valence-corrected chi connectivity index (χ3v) is 3.83. The minimum absolute atomic E-state index is 0.126. The molecule has 0 aromatic rings. The predicted molar refractivity (Wildman–Crippen MR) is 73.8 cm³/mol. The number of alkyl carbamates (subject to hydrolysis) is 1. The summed E-state index contributed by atoms with van der Waals surface area (Å²) < 4.78 is 10.7. The number of carbonyl (C=O) groups excluding carboxylic acids is 1. The van der Waals surface area contributed by atoms with Crippen LogP contribution in [0.15, 0.2) is 0 Å². The van der Waals surface area contributed by atoms with E-state index >= 15 is 0 Å². The highest BCUT2D eigenvalue weighted by atomic mass is 16.6. The van der Waals surface area contributed by atoms with E-state index in [1.165, 1.54) is 38.5 Å². The van der Waals surface area contributed by atoms with Crippen LogP contribution in [0.1, 0.15) is 65.7 Å². The molecule has 2 aliphatic rings. The van der Waals surface area contributed by atoms with Gasteiger partial charge in [0.25, 0.3) is 0 Å². The van der Waals surface area contributed by atoms with Crippen molar-refractivity contribution in [2.24, 2.45) is 5.92 Å². The molecule has 1 N–H and O–H groups in total. The SMILES string of the molecule is CC(C)(C)OC(=O)NC1OC1CCC1CCCCC1.